The molecule has 1 aromatic heterocycles. The number of hydrogen-bond acceptors (Lipinski definition) is 3. The Kier molecular flexibility index (Phi) is 5.10. The van der Waals surface area contributed by atoms with Gasteiger partial charge in [-0.05, 0) is 23.6 Å². The predicted octanol–water partition coefficient (Wildman–Crippen LogP) is 0.990. The number of carboxylic acid groups (broad SMARTS) is 1. The number of amides is 2. The summed E-state index contributed by atoms with van der Waals surface area (Å²) < 4.78 is 0. The Labute approximate surface area is 105 Å². The Bertz CT molecular complexity index is 406. The van der Waals surface area contributed by atoms with E-state index in [1.807, 2.05) is 0 Å². The van der Waals surface area contributed by atoms with Crippen molar-refractivity contribution in [3.05, 3.63) is 30.1 Å². The van der Waals surface area contributed by atoms with Crippen LogP contribution in [0.2, 0.25) is 0 Å². The lowest BCUT2D eigenvalue weighted by Gasteiger charge is -2.18. The summed E-state index contributed by atoms with van der Waals surface area (Å²) in [7, 11) is 0. The third-order valence-corrected chi connectivity index (χ3v) is 2.42. The second-order valence-electron chi connectivity index (χ2n) is 4.24. The van der Waals surface area contributed by atoms with Crippen molar-refractivity contribution in [1.29, 1.82) is 0 Å². The normalized spacial score (nSPS) is 11.9. The highest BCUT2D eigenvalue weighted by molar-refractivity contribution is 5.82. The van der Waals surface area contributed by atoms with Gasteiger partial charge in [0.25, 0.3) is 0 Å². The molecule has 3 N–H and O–H groups in total. The molecule has 1 rings (SSSR count). The van der Waals surface area contributed by atoms with Crippen LogP contribution < -0.4 is 10.6 Å². The van der Waals surface area contributed by atoms with Crippen molar-refractivity contribution in [3.8, 4) is 0 Å². The van der Waals surface area contributed by atoms with Crippen LogP contribution in [0.4, 0.5) is 4.79 Å². The molecule has 0 unspecified atom stereocenters. The molecular weight excluding hydrogens is 234 g/mol. The van der Waals surface area contributed by atoms with Crippen molar-refractivity contribution < 1.29 is 14.7 Å². The largest absolute Gasteiger partial charge is 0.480 e. The smallest absolute Gasteiger partial charge is 0.326 e. The first-order valence-electron chi connectivity index (χ1n) is 5.66. The van der Waals surface area contributed by atoms with Crippen molar-refractivity contribution in [3.63, 3.8) is 0 Å². The standard InChI is InChI=1S/C12H17N3O3/c1-8(2)10(11(16)17)15-12(18)14-7-9-3-5-13-6-4-9/h3-6,8,10H,7H2,1-2H3,(H,16,17)(H2,14,15,18)/t10-/m0/s1. The van der Waals surface area contributed by atoms with Crippen LogP contribution in [0.5, 0.6) is 0 Å². The Balaban J connectivity index is 2.44. The summed E-state index contributed by atoms with van der Waals surface area (Å²) in [6, 6.07) is 2.17. The molecule has 1 aromatic rings. The van der Waals surface area contributed by atoms with Crippen molar-refractivity contribution in [2.24, 2.45) is 5.92 Å². The van der Waals surface area contributed by atoms with E-state index >= 15 is 0 Å². The van der Waals surface area contributed by atoms with Crippen LogP contribution in [0.3, 0.4) is 0 Å². The second-order valence-corrected chi connectivity index (χ2v) is 4.24. The average Bonchev–Trinajstić information content (AvgIpc) is 2.34. The number of hydrogen-bond donors (Lipinski definition) is 3. The Morgan fingerprint density at radius 1 is 1.33 bits per heavy atom. The molecule has 6 nitrogen and oxygen atoms in total. The number of carbonyl (C=O) groups excluding carboxylic acids is 1. The third-order valence-electron chi connectivity index (χ3n) is 2.42. The summed E-state index contributed by atoms with van der Waals surface area (Å²) in [6.07, 6.45) is 3.26. The Morgan fingerprint density at radius 3 is 2.44 bits per heavy atom. The minimum absolute atomic E-state index is 0.172. The van der Waals surface area contributed by atoms with Crippen LogP contribution in [-0.4, -0.2) is 28.1 Å². The zero-order chi connectivity index (χ0) is 13.5. The maximum absolute atomic E-state index is 11.5. The summed E-state index contributed by atoms with van der Waals surface area (Å²) in [5.41, 5.74) is 0.900. The van der Waals surface area contributed by atoms with Gasteiger partial charge in [-0.2, -0.15) is 0 Å². The lowest BCUT2D eigenvalue weighted by atomic mass is 10.1. The molecule has 0 bridgehead atoms. The van der Waals surface area contributed by atoms with E-state index in [4.69, 9.17) is 5.11 Å². The summed E-state index contributed by atoms with van der Waals surface area (Å²) in [6.45, 7) is 3.81. The molecule has 1 heterocycles. The molecule has 0 aromatic carbocycles. The summed E-state index contributed by atoms with van der Waals surface area (Å²) in [5, 5.41) is 13.9. The SMILES string of the molecule is CC(C)[C@H](NC(=O)NCc1ccncc1)C(=O)O. The van der Waals surface area contributed by atoms with Gasteiger partial charge in [0.1, 0.15) is 6.04 Å². The van der Waals surface area contributed by atoms with Gasteiger partial charge in [-0.1, -0.05) is 13.8 Å². The summed E-state index contributed by atoms with van der Waals surface area (Å²) in [4.78, 5) is 26.3. The molecule has 0 aliphatic rings. The van der Waals surface area contributed by atoms with E-state index in [1.165, 1.54) is 0 Å². The van der Waals surface area contributed by atoms with Crippen LogP contribution >= 0.6 is 0 Å². The zero-order valence-corrected chi connectivity index (χ0v) is 10.4. The van der Waals surface area contributed by atoms with Gasteiger partial charge >= 0.3 is 12.0 Å². The Hall–Kier alpha value is -2.11. The first-order valence-corrected chi connectivity index (χ1v) is 5.66. The first kappa shape index (κ1) is 14.0. The van der Waals surface area contributed by atoms with Crippen molar-refractivity contribution in [2.45, 2.75) is 26.4 Å². The van der Waals surface area contributed by atoms with Crippen LogP contribution in [-0.2, 0) is 11.3 Å². The number of aromatic nitrogens is 1. The molecule has 0 fully saturated rings. The van der Waals surface area contributed by atoms with Crippen molar-refractivity contribution in [1.82, 2.24) is 15.6 Å². The van der Waals surface area contributed by atoms with Gasteiger partial charge in [0.05, 0.1) is 0 Å². The third kappa shape index (κ3) is 4.40. The maximum Gasteiger partial charge on any atom is 0.326 e. The van der Waals surface area contributed by atoms with Crippen LogP contribution in [0.1, 0.15) is 19.4 Å². The van der Waals surface area contributed by atoms with E-state index in [9.17, 15) is 9.59 Å². The molecule has 18 heavy (non-hydrogen) atoms. The number of carboxylic acids is 1. The predicted molar refractivity (Wildman–Crippen MR) is 65.9 cm³/mol. The summed E-state index contributed by atoms with van der Waals surface area (Å²) >= 11 is 0. The van der Waals surface area contributed by atoms with Gasteiger partial charge in [0, 0.05) is 18.9 Å². The lowest BCUT2D eigenvalue weighted by molar-refractivity contribution is -0.140. The van der Waals surface area contributed by atoms with Crippen molar-refractivity contribution >= 4 is 12.0 Å². The number of urea groups is 1. The zero-order valence-electron chi connectivity index (χ0n) is 10.4. The highest BCUT2D eigenvalue weighted by atomic mass is 16.4. The first-order chi connectivity index (χ1) is 8.50. The number of nitrogens with zero attached hydrogens (tertiary/aromatic N) is 1. The fraction of sp³-hybridized carbons (Fsp3) is 0.417. The fourth-order valence-electron chi connectivity index (χ4n) is 1.39. The number of nitrogens with one attached hydrogen (secondary N) is 2. The molecule has 1 atom stereocenters. The quantitative estimate of drug-likeness (QED) is 0.727. The van der Waals surface area contributed by atoms with E-state index < -0.39 is 18.0 Å². The molecule has 0 radical (unpaired) electrons. The maximum atomic E-state index is 11.5. The molecule has 0 saturated carbocycles. The Morgan fingerprint density at radius 2 is 1.94 bits per heavy atom. The van der Waals surface area contributed by atoms with E-state index in [1.54, 1.807) is 38.4 Å². The van der Waals surface area contributed by atoms with Crippen LogP contribution in [0.25, 0.3) is 0 Å². The highest BCUT2D eigenvalue weighted by Crippen LogP contribution is 2.01. The van der Waals surface area contributed by atoms with E-state index in [0.717, 1.165) is 5.56 Å². The summed E-state index contributed by atoms with van der Waals surface area (Å²) in [5.74, 6) is -1.21. The molecular formula is C12H17N3O3. The highest BCUT2D eigenvalue weighted by Gasteiger charge is 2.22. The fourth-order valence-corrected chi connectivity index (χ4v) is 1.39. The van der Waals surface area contributed by atoms with Gasteiger partial charge < -0.3 is 15.7 Å². The van der Waals surface area contributed by atoms with E-state index in [-0.39, 0.29) is 5.92 Å². The monoisotopic (exact) mass is 251 g/mol. The number of aliphatic carboxylic acids is 1. The lowest BCUT2D eigenvalue weighted by Crippen LogP contribution is -2.48. The van der Waals surface area contributed by atoms with Crippen LogP contribution in [0.15, 0.2) is 24.5 Å². The molecule has 2 amide bonds. The molecule has 0 aliphatic heterocycles. The topological polar surface area (TPSA) is 91.3 Å². The average molecular weight is 251 g/mol. The van der Waals surface area contributed by atoms with Gasteiger partial charge in [0.2, 0.25) is 0 Å². The molecule has 0 aliphatic carbocycles. The molecule has 0 spiro atoms. The molecule has 98 valence electrons. The van der Waals surface area contributed by atoms with E-state index in [0.29, 0.717) is 6.54 Å². The van der Waals surface area contributed by atoms with Gasteiger partial charge in [-0.3, -0.25) is 4.98 Å². The minimum Gasteiger partial charge on any atom is -0.480 e. The van der Waals surface area contributed by atoms with E-state index in [2.05, 4.69) is 15.6 Å². The van der Waals surface area contributed by atoms with Crippen molar-refractivity contribution in [2.75, 3.05) is 0 Å². The molecule has 6 heteroatoms. The van der Waals surface area contributed by atoms with Gasteiger partial charge in [-0.25, -0.2) is 9.59 Å². The minimum atomic E-state index is -1.04. The van der Waals surface area contributed by atoms with Gasteiger partial charge in [-0.15, -0.1) is 0 Å². The molecule has 0 saturated heterocycles. The number of carbonyl (C=O) groups is 2. The van der Waals surface area contributed by atoms with Gasteiger partial charge in [0.15, 0.2) is 0 Å². The second kappa shape index (κ2) is 6.58. The number of pyridine rings is 1. The van der Waals surface area contributed by atoms with Crippen LogP contribution in [0, 0.1) is 5.92 Å². The number of rotatable bonds is 5.